The SMILES string of the molecule is CC(C)[C@H](C(=O)O)N1C[C@H](CN2CCC(CCCc3ccc(F)c(F)c3)CC2)[C@@H](c2ccccc2)C1. The fraction of sp³-hybridized carbons (Fsp3) is 0.567. The molecule has 6 heteroatoms. The molecule has 3 atom stereocenters. The molecule has 2 fully saturated rings. The zero-order valence-electron chi connectivity index (χ0n) is 21.6. The van der Waals surface area contributed by atoms with E-state index >= 15 is 0 Å². The zero-order valence-corrected chi connectivity index (χ0v) is 21.6. The molecule has 2 heterocycles. The van der Waals surface area contributed by atoms with E-state index in [0.29, 0.717) is 17.8 Å². The van der Waals surface area contributed by atoms with Gasteiger partial charge in [-0.1, -0.05) is 56.7 Å². The van der Waals surface area contributed by atoms with E-state index in [-0.39, 0.29) is 5.92 Å². The van der Waals surface area contributed by atoms with E-state index in [2.05, 4.69) is 34.1 Å². The van der Waals surface area contributed by atoms with E-state index in [1.807, 2.05) is 19.9 Å². The molecule has 0 saturated carbocycles. The van der Waals surface area contributed by atoms with E-state index in [0.717, 1.165) is 70.4 Å². The molecule has 2 saturated heterocycles. The minimum Gasteiger partial charge on any atom is -0.480 e. The fourth-order valence-electron chi connectivity index (χ4n) is 6.34. The van der Waals surface area contributed by atoms with Crippen molar-refractivity contribution in [3.8, 4) is 0 Å². The molecule has 2 aliphatic rings. The standard InChI is InChI=1S/C30H40F2N2O2/c1-21(2)29(30(35)36)34-19-25(26(20-34)24-9-4-3-5-10-24)18-33-15-13-22(14-16-33)7-6-8-23-11-12-27(31)28(32)17-23/h3-5,9-12,17,21-22,25-26,29H,6-8,13-16,18-20H2,1-2H3,(H,35,36)/t25-,26+,29+/m0/s1. The monoisotopic (exact) mass is 498 g/mol. The highest BCUT2D eigenvalue weighted by atomic mass is 19.2. The highest BCUT2D eigenvalue weighted by Gasteiger charge is 2.41. The van der Waals surface area contributed by atoms with Crippen LogP contribution in [0.25, 0.3) is 0 Å². The number of hydrogen-bond acceptors (Lipinski definition) is 3. The zero-order chi connectivity index (χ0) is 25.7. The van der Waals surface area contributed by atoms with Gasteiger partial charge in [0.1, 0.15) is 6.04 Å². The number of carboxylic acid groups (broad SMARTS) is 1. The van der Waals surface area contributed by atoms with Crippen LogP contribution in [0.3, 0.4) is 0 Å². The summed E-state index contributed by atoms with van der Waals surface area (Å²) in [5, 5.41) is 9.88. The van der Waals surface area contributed by atoms with Crippen molar-refractivity contribution in [1.29, 1.82) is 0 Å². The number of aryl methyl sites for hydroxylation is 1. The topological polar surface area (TPSA) is 43.8 Å². The molecule has 1 N–H and O–H groups in total. The molecular weight excluding hydrogens is 458 g/mol. The molecular formula is C30H40F2N2O2. The Balaban J connectivity index is 1.30. The van der Waals surface area contributed by atoms with Crippen molar-refractivity contribution in [3.63, 3.8) is 0 Å². The minimum atomic E-state index is -0.784. The molecule has 0 bridgehead atoms. The van der Waals surface area contributed by atoms with E-state index < -0.39 is 23.6 Å². The molecule has 4 nitrogen and oxygen atoms in total. The smallest absolute Gasteiger partial charge is 0.321 e. The van der Waals surface area contributed by atoms with Crippen molar-refractivity contribution >= 4 is 5.97 Å². The number of nitrogens with zero attached hydrogens (tertiary/aromatic N) is 2. The van der Waals surface area contributed by atoms with Gasteiger partial charge in [0.15, 0.2) is 11.6 Å². The second-order valence-electron chi connectivity index (χ2n) is 11.1. The second-order valence-corrected chi connectivity index (χ2v) is 11.1. The molecule has 0 aliphatic carbocycles. The van der Waals surface area contributed by atoms with E-state index in [1.54, 1.807) is 6.07 Å². The molecule has 2 aromatic carbocycles. The van der Waals surface area contributed by atoms with Crippen LogP contribution in [0.15, 0.2) is 48.5 Å². The van der Waals surface area contributed by atoms with Gasteiger partial charge in [-0.05, 0) is 79.8 Å². The van der Waals surface area contributed by atoms with E-state index in [9.17, 15) is 18.7 Å². The van der Waals surface area contributed by atoms with Gasteiger partial charge in [-0.25, -0.2) is 8.78 Å². The van der Waals surface area contributed by atoms with Crippen LogP contribution < -0.4 is 0 Å². The van der Waals surface area contributed by atoms with Gasteiger partial charge < -0.3 is 10.0 Å². The number of hydrogen-bond donors (Lipinski definition) is 1. The lowest BCUT2D eigenvalue weighted by Gasteiger charge is -2.35. The third-order valence-corrected chi connectivity index (χ3v) is 8.24. The first kappa shape index (κ1) is 26.7. The lowest BCUT2D eigenvalue weighted by molar-refractivity contribution is -0.144. The normalized spacial score (nSPS) is 22.8. The Kier molecular flexibility index (Phi) is 9.13. The first-order valence-electron chi connectivity index (χ1n) is 13.5. The van der Waals surface area contributed by atoms with Gasteiger partial charge >= 0.3 is 5.97 Å². The summed E-state index contributed by atoms with van der Waals surface area (Å²) in [5.41, 5.74) is 2.18. The Morgan fingerprint density at radius 3 is 2.39 bits per heavy atom. The lowest BCUT2D eigenvalue weighted by Crippen LogP contribution is -2.44. The van der Waals surface area contributed by atoms with Crippen LogP contribution in [0.1, 0.15) is 56.6 Å². The molecule has 36 heavy (non-hydrogen) atoms. The van der Waals surface area contributed by atoms with Gasteiger partial charge in [-0.3, -0.25) is 9.69 Å². The highest BCUT2D eigenvalue weighted by molar-refractivity contribution is 5.73. The Labute approximate surface area is 214 Å². The van der Waals surface area contributed by atoms with Gasteiger partial charge in [-0.15, -0.1) is 0 Å². The number of carboxylic acids is 1. The van der Waals surface area contributed by atoms with Crippen LogP contribution in [0, 0.1) is 29.4 Å². The molecule has 196 valence electrons. The molecule has 0 amide bonds. The molecule has 2 aliphatic heterocycles. The largest absolute Gasteiger partial charge is 0.480 e. The number of carbonyl (C=O) groups is 1. The van der Waals surface area contributed by atoms with Gasteiger partial charge in [-0.2, -0.15) is 0 Å². The Hall–Kier alpha value is -2.31. The fourth-order valence-corrected chi connectivity index (χ4v) is 6.34. The van der Waals surface area contributed by atoms with Gasteiger partial charge in [0, 0.05) is 25.6 Å². The summed E-state index contributed by atoms with van der Waals surface area (Å²) in [6, 6.07) is 14.4. The number of aliphatic carboxylic acids is 1. The third kappa shape index (κ3) is 6.71. The van der Waals surface area contributed by atoms with Crippen molar-refractivity contribution in [2.75, 3.05) is 32.7 Å². The Morgan fingerprint density at radius 1 is 1.03 bits per heavy atom. The molecule has 0 radical (unpaired) electrons. The van der Waals surface area contributed by atoms with Gasteiger partial charge in [0.05, 0.1) is 0 Å². The maximum atomic E-state index is 13.4. The summed E-state index contributed by atoms with van der Waals surface area (Å²) in [5.74, 6) is -0.759. The first-order valence-corrected chi connectivity index (χ1v) is 13.5. The van der Waals surface area contributed by atoms with Crippen LogP contribution >= 0.6 is 0 Å². The van der Waals surface area contributed by atoms with Crippen LogP contribution in [-0.4, -0.2) is 59.6 Å². The summed E-state index contributed by atoms with van der Waals surface area (Å²) in [6.45, 7) is 8.76. The summed E-state index contributed by atoms with van der Waals surface area (Å²) in [4.78, 5) is 16.8. The molecule has 4 rings (SSSR count). The second kappa shape index (κ2) is 12.3. The minimum absolute atomic E-state index is 0.0693. The highest BCUT2D eigenvalue weighted by Crippen LogP contribution is 2.36. The maximum absolute atomic E-state index is 13.4. The Bertz CT molecular complexity index is 992. The summed E-state index contributed by atoms with van der Waals surface area (Å²) >= 11 is 0. The predicted molar refractivity (Wildman–Crippen MR) is 139 cm³/mol. The van der Waals surface area contributed by atoms with Crippen LogP contribution in [0.2, 0.25) is 0 Å². The lowest BCUT2D eigenvalue weighted by atomic mass is 9.87. The molecule has 2 aromatic rings. The number of likely N-dealkylation sites (tertiary alicyclic amines) is 2. The molecule has 0 spiro atoms. The number of piperidine rings is 1. The van der Waals surface area contributed by atoms with Crippen LogP contribution in [0.5, 0.6) is 0 Å². The summed E-state index contributed by atoms with van der Waals surface area (Å²) in [7, 11) is 0. The average Bonchev–Trinajstić information content (AvgIpc) is 3.25. The number of rotatable bonds is 10. The quantitative estimate of drug-likeness (QED) is 0.448. The summed E-state index contributed by atoms with van der Waals surface area (Å²) in [6.07, 6.45) is 5.22. The van der Waals surface area contributed by atoms with Gasteiger partial charge in [0.25, 0.3) is 0 Å². The van der Waals surface area contributed by atoms with Crippen molar-refractivity contribution in [1.82, 2.24) is 9.80 Å². The number of halogens is 2. The van der Waals surface area contributed by atoms with Crippen LogP contribution in [0.4, 0.5) is 8.78 Å². The molecule has 0 aromatic heterocycles. The molecule has 0 unspecified atom stereocenters. The van der Waals surface area contributed by atoms with E-state index in [4.69, 9.17) is 0 Å². The third-order valence-electron chi connectivity index (χ3n) is 8.24. The maximum Gasteiger partial charge on any atom is 0.321 e. The average molecular weight is 499 g/mol. The van der Waals surface area contributed by atoms with Crippen molar-refractivity contribution in [2.45, 2.75) is 57.9 Å². The van der Waals surface area contributed by atoms with Crippen molar-refractivity contribution in [3.05, 3.63) is 71.3 Å². The van der Waals surface area contributed by atoms with Crippen molar-refractivity contribution in [2.24, 2.45) is 17.8 Å². The number of benzene rings is 2. The Morgan fingerprint density at radius 2 is 1.75 bits per heavy atom. The summed E-state index contributed by atoms with van der Waals surface area (Å²) < 4.78 is 26.6. The first-order chi connectivity index (χ1) is 17.3. The predicted octanol–water partition coefficient (Wildman–Crippen LogP) is 5.82. The van der Waals surface area contributed by atoms with Gasteiger partial charge in [0.2, 0.25) is 0 Å². The van der Waals surface area contributed by atoms with Crippen LogP contribution in [-0.2, 0) is 11.2 Å². The van der Waals surface area contributed by atoms with Crippen molar-refractivity contribution < 1.29 is 18.7 Å². The van der Waals surface area contributed by atoms with E-state index in [1.165, 1.54) is 17.7 Å².